The summed E-state index contributed by atoms with van der Waals surface area (Å²) in [6, 6.07) is 1.56. The Morgan fingerprint density at radius 1 is 1.50 bits per heavy atom. The molecule has 1 unspecified atom stereocenters. The highest BCUT2D eigenvalue weighted by molar-refractivity contribution is 5.23. The van der Waals surface area contributed by atoms with Crippen LogP contribution in [0.3, 0.4) is 0 Å². The molecule has 0 radical (unpaired) electrons. The summed E-state index contributed by atoms with van der Waals surface area (Å²) in [6.07, 6.45) is -4.39. The van der Waals surface area contributed by atoms with Crippen molar-refractivity contribution in [2.75, 3.05) is 0 Å². The van der Waals surface area contributed by atoms with Crippen LogP contribution in [0.15, 0.2) is 18.5 Å². The SMILES string of the molecule is Cc1ccncc1C(O)CC(F)(F)F. The number of nitrogens with zero attached hydrogens (tertiary/aromatic N) is 1. The number of halogens is 3. The first-order chi connectivity index (χ1) is 6.40. The van der Waals surface area contributed by atoms with E-state index >= 15 is 0 Å². The molecule has 1 N–H and O–H groups in total. The second-order valence-corrected chi connectivity index (χ2v) is 3.07. The second kappa shape index (κ2) is 3.96. The Morgan fingerprint density at radius 2 is 2.14 bits per heavy atom. The lowest BCUT2D eigenvalue weighted by atomic mass is 10.0. The van der Waals surface area contributed by atoms with E-state index in [-0.39, 0.29) is 5.56 Å². The van der Waals surface area contributed by atoms with E-state index in [1.54, 1.807) is 13.0 Å². The van der Waals surface area contributed by atoms with Gasteiger partial charge in [0.2, 0.25) is 0 Å². The number of aromatic nitrogens is 1. The van der Waals surface area contributed by atoms with E-state index in [0.29, 0.717) is 5.56 Å². The molecular weight excluding hydrogens is 195 g/mol. The molecular formula is C9H10F3NO. The fourth-order valence-electron chi connectivity index (χ4n) is 1.15. The van der Waals surface area contributed by atoms with Gasteiger partial charge in [-0.15, -0.1) is 0 Å². The number of hydrogen-bond acceptors (Lipinski definition) is 2. The molecule has 1 aromatic rings. The van der Waals surface area contributed by atoms with Crippen LogP contribution in [-0.2, 0) is 0 Å². The predicted molar refractivity (Wildman–Crippen MR) is 44.6 cm³/mol. The number of pyridine rings is 1. The van der Waals surface area contributed by atoms with Crippen LogP contribution in [0.2, 0.25) is 0 Å². The minimum absolute atomic E-state index is 0.227. The van der Waals surface area contributed by atoms with Crippen LogP contribution < -0.4 is 0 Å². The first-order valence-corrected chi connectivity index (χ1v) is 4.05. The van der Waals surface area contributed by atoms with Gasteiger partial charge in [0, 0.05) is 18.0 Å². The number of hydrogen-bond donors (Lipinski definition) is 1. The van der Waals surface area contributed by atoms with Crippen LogP contribution in [-0.4, -0.2) is 16.3 Å². The van der Waals surface area contributed by atoms with E-state index in [9.17, 15) is 18.3 Å². The summed E-state index contributed by atoms with van der Waals surface area (Å²) in [5.41, 5.74) is 0.835. The molecule has 0 saturated heterocycles. The monoisotopic (exact) mass is 205 g/mol. The van der Waals surface area contributed by atoms with Gasteiger partial charge in [-0.2, -0.15) is 13.2 Å². The quantitative estimate of drug-likeness (QED) is 0.804. The molecule has 0 aliphatic rings. The summed E-state index contributed by atoms with van der Waals surface area (Å²) in [4.78, 5) is 3.67. The van der Waals surface area contributed by atoms with Crippen LogP contribution in [0.5, 0.6) is 0 Å². The molecule has 0 aliphatic carbocycles. The lowest BCUT2D eigenvalue weighted by Gasteiger charge is -2.14. The maximum Gasteiger partial charge on any atom is 0.391 e. The van der Waals surface area contributed by atoms with Gasteiger partial charge in [0.15, 0.2) is 0 Å². The van der Waals surface area contributed by atoms with Crippen molar-refractivity contribution in [1.82, 2.24) is 4.98 Å². The minimum atomic E-state index is -4.36. The van der Waals surface area contributed by atoms with Crippen LogP contribution in [0, 0.1) is 6.92 Å². The number of aryl methyl sites for hydroxylation is 1. The molecule has 0 aliphatic heterocycles. The van der Waals surface area contributed by atoms with Gasteiger partial charge in [0.1, 0.15) is 0 Å². The highest BCUT2D eigenvalue weighted by Gasteiger charge is 2.32. The van der Waals surface area contributed by atoms with Crippen molar-refractivity contribution in [3.8, 4) is 0 Å². The minimum Gasteiger partial charge on any atom is -0.388 e. The molecule has 0 spiro atoms. The zero-order valence-electron chi connectivity index (χ0n) is 7.54. The van der Waals surface area contributed by atoms with Gasteiger partial charge in [-0.3, -0.25) is 4.98 Å². The molecule has 1 aromatic heterocycles. The first kappa shape index (κ1) is 11.0. The van der Waals surface area contributed by atoms with Crippen molar-refractivity contribution < 1.29 is 18.3 Å². The summed E-state index contributed by atoms with van der Waals surface area (Å²) in [6.45, 7) is 1.64. The van der Waals surface area contributed by atoms with Gasteiger partial charge in [-0.05, 0) is 18.6 Å². The molecule has 1 heterocycles. The highest BCUT2D eigenvalue weighted by Crippen LogP contribution is 2.30. The molecule has 78 valence electrons. The molecule has 1 rings (SSSR count). The molecule has 0 bridgehead atoms. The summed E-state index contributed by atoms with van der Waals surface area (Å²) >= 11 is 0. The zero-order chi connectivity index (χ0) is 10.8. The Bertz CT molecular complexity index is 311. The lowest BCUT2D eigenvalue weighted by Crippen LogP contribution is -2.14. The number of alkyl halides is 3. The van der Waals surface area contributed by atoms with Crippen molar-refractivity contribution in [2.45, 2.75) is 25.6 Å². The number of aliphatic hydroxyl groups is 1. The molecule has 0 saturated carbocycles. The van der Waals surface area contributed by atoms with Crippen molar-refractivity contribution in [2.24, 2.45) is 0 Å². The van der Waals surface area contributed by atoms with E-state index in [0.717, 1.165) is 0 Å². The average molecular weight is 205 g/mol. The van der Waals surface area contributed by atoms with E-state index in [1.807, 2.05) is 0 Å². The Hall–Kier alpha value is -1.10. The average Bonchev–Trinajstić information content (AvgIpc) is 2.01. The fraction of sp³-hybridized carbons (Fsp3) is 0.444. The van der Waals surface area contributed by atoms with Crippen molar-refractivity contribution in [3.63, 3.8) is 0 Å². The van der Waals surface area contributed by atoms with Gasteiger partial charge in [-0.1, -0.05) is 0 Å². The first-order valence-electron chi connectivity index (χ1n) is 4.05. The Labute approximate surface area is 79.4 Å². The molecule has 0 fully saturated rings. The van der Waals surface area contributed by atoms with Gasteiger partial charge < -0.3 is 5.11 Å². The normalized spacial score (nSPS) is 14.1. The lowest BCUT2D eigenvalue weighted by molar-refractivity contribution is -0.154. The van der Waals surface area contributed by atoms with Gasteiger partial charge in [0.25, 0.3) is 0 Å². The summed E-state index contributed by atoms with van der Waals surface area (Å²) in [7, 11) is 0. The summed E-state index contributed by atoms with van der Waals surface area (Å²) in [5.74, 6) is 0. The maximum absolute atomic E-state index is 11.9. The van der Waals surface area contributed by atoms with Crippen LogP contribution in [0.4, 0.5) is 13.2 Å². The topological polar surface area (TPSA) is 33.1 Å². The number of aliphatic hydroxyl groups excluding tert-OH is 1. The Kier molecular flexibility index (Phi) is 3.10. The van der Waals surface area contributed by atoms with Crippen LogP contribution >= 0.6 is 0 Å². The van der Waals surface area contributed by atoms with Crippen LogP contribution in [0.1, 0.15) is 23.7 Å². The largest absolute Gasteiger partial charge is 0.391 e. The third-order valence-corrected chi connectivity index (χ3v) is 1.86. The molecule has 2 nitrogen and oxygen atoms in total. The molecule has 1 atom stereocenters. The molecule has 14 heavy (non-hydrogen) atoms. The Morgan fingerprint density at radius 3 is 2.64 bits per heavy atom. The van der Waals surface area contributed by atoms with Crippen molar-refractivity contribution in [1.29, 1.82) is 0 Å². The van der Waals surface area contributed by atoms with Crippen LogP contribution in [0.25, 0.3) is 0 Å². The zero-order valence-corrected chi connectivity index (χ0v) is 7.54. The van der Waals surface area contributed by atoms with Crippen molar-refractivity contribution >= 4 is 0 Å². The summed E-state index contributed by atoms with van der Waals surface area (Å²) in [5, 5.41) is 9.28. The third-order valence-electron chi connectivity index (χ3n) is 1.86. The van der Waals surface area contributed by atoms with Gasteiger partial charge in [-0.25, -0.2) is 0 Å². The van der Waals surface area contributed by atoms with E-state index in [2.05, 4.69) is 4.98 Å². The van der Waals surface area contributed by atoms with Gasteiger partial charge >= 0.3 is 6.18 Å². The number of rotatable bonds is 2. The maximum atomic E-state index is 11.9. The highest BCUT2D eigenvalue weighted by atomic mass is 19.4. The smallest absolute Gasteiger partial charge is 0.388 e. The second-order valence-electron chi connectivity index (χ2n) is 3.07. The molecule has 0 aromatic carbocycles. The van der Waals surface area contributed by atoms with E-state index in [4.69, 9.17) is 0 Å². The fourth-order valence-corrected chi connectivity index (χ4v) is 1.15. The van der Waals surface area contributed by atoms with E-state index in [1.165, 1.54) is 12.4 Å². The third kappa shape index (κ3) is 2.99. The van der Waals surface area contributed by atoms with Crippen molar-refractivity contribution in [3.05, 3.63) is 29.6 Å². The summed E-state index contributed by atoms with van der Waals surface area (Å²) < 4.78 is 35.8. The van der Waals surface area contributed by atoms with E-state index < -0.39 is 18.7 Å². The van der Waals surface area contributed by atoms with Gasteiger partial charge in [0.05, 0.1) is 12.5 Å². The predicted octanol–water partition coefficient (Wildman–Crippen LogP) is 2.38. The molecule has 0 amide bonds. The standard InChI is InChI=1S/C9H10F3NO/c1-6-2-3-13-5-7(6)8(14)4-9(10,11)12/h2-3,5,8,14H,4H2,1H3. The molecule has 5 heteroatoms. The Balaban J connectivity index is 2.80.